The third kappa shape index (κ3) is 3.13. The summed E-state index contributed by atoms with van der Waals surface area (Å²) in [5.41, 5.74) is -0.0168. The minimum absolute atomic E-state index is 0.0168. The lowest BCUT2D eigenvalue weighted by Crippen LogP contribution is -1.78. The van der Waals surface area contributed by atoms with Crippen molar-refractivity contribution in [3.63, 3.8) is 0 Å². The van der Waals surface area contributed by atoms with E-state index in [0.29, 0.717) is 6.61 Å². The van der Waals surface area contributed by atoms with E-state index >= 15 is 0 Å². The highest BCUT2D eigenvalue weighted by atomic mass is 16.5. The van der Waals surface area contributed by atoms with Gasteiger partial charge in [-0.2, -0.15) is 0 Å². The highest BCUT2D eigenvalue weighted by molar-refractivity contribution is 5.24. The molecule has 0 rings (SSSR count). The molecular weight excluding hydrogens is 116 g/mol. The third-order valence-corrected chi connectivity index (χ3v) is 0.597. The normalized spacial score (nSPS) is 9.44. The lowest BCUT2D eigenvalue weighted by Gasteiger charge is -1.89. The molecule has 0 fully saturated rings. The van der Waals surface area contributed by atoms with Crippen molar-refractivity contribution in [1.29, 1.82) is 5.26 Å². The van der Waals surface area contributed by atoms with Crippen molar-refractivity contribution in [2.24, 2.45) is 0 Å². The molecule has 0 aromatic heterocycles. The highest BCUT2D eigenvalue weighted by Gasteiger charge is 1.88. The van der Waals surface area contributed by atoms with E-state index in [9.17, 15) is 0 Å². The van der Waals surface area contributed by atoms with E-state index in [1.807, 2.05) is 0 Å². The fourth-order valence-corrected chi connectivity index (χ4v) is 0.240. The molecule has 0 aromatic carbocycles. The number of hydrogen-bond donors (Lipinski definition) is 0. The fraction of sp³-hybridized carbons (Fsp3) is 0.333. The fourth-order valence-electron chi connectivity index (χ4n) is 0.240. The molecular formula is C6H6N2O. The first-order valence-corrected chi connectivity index (χ1v) is 2.44. The molecule has 0 saturated heterocycles. The molecule has 3 heteroatoms. The van der Waals surface area contributed by atoms with Gasteiger partial charge < -0.3 is 4.74 Å². The SMILES string of the molecule is [C-]#[N+]C(C#N)=COCC. The predicted molar refractivity (Wildman–Crippen MR) is 31.9 cm³/mol. The number of nitriles is 1. The predicted octanol–water partition coefficient (Wildman–Crippen LogP) is 1.31. The van der Waals surface area contributed by atoms with Crippen molar-refractivity contribution in [3.05, 3.63) is 23.4 Å². The van der Waals surface area contributed by atoms with Crippen LogP contribution in [0.25, 0.3) is 4.85 Å². The van der Waals surface area contributed by atoms with Crippen LogP contribution in [-0.4, -0.2) is 6.61 Å². The summed E-state index contributed by atoms with van der Waals surface area (Å²) in [4.78, 5) is 2.87. The molecule has 0 atom stereocenters. The molecule has 46 valence electrons. The van der Waals surface area contributed by atoms with Gasteiger partial charge in [-0.3, -0.25) is 0 Å². The van der Waals surface area contributed by atoms with Crippen molar-refractivity contribution < 1.29 is 4.74 Å². The molecule has 0 aliphatic heterocycles. The van der Waals surface area contributed by atoms with Crippen LogP contribution < -0.4 is 0 Å². The van der Waals surface area contributed by atoms with Crippen molar-refractivity contribution in [1.82, 2.24) is 0 Å². The van der Waals surface area contributed by atoms with E-state index in [0.717, 1.165) is 6.26 Å². The monoisotopic (exact) mass is 122 g/mol. The van der Waals surface area contributed by atoms with Crippen LogP contribution in [0.15, 0.2) is 12.0 Å². The van der Waals surface area contributed by atoms with Crippen molar-refractivity contribution >= 4 is 0 Å². The summed E-state index contributed by atoms with van der Waals surface area (Å²) in [5, 5.41) is 8.14. The zero-order chi connectivity index (χ0) is 7.11. The third-order valence-electron chi connectivity index (χ3n) is 0.597. The molecule has 0 aliphatic carbocycles. The first kappa shape index (κ1) is 7.52. The number of rotatable bonds is 2. The topological polar surface area (TPSA) is 37.4 Å². The molecule has 0 bridgehead atoms. The van der Waals surface area contributed by atoms with Gasteiger partial charge in [-0.05, 0) is 6.92 Å². The molecule has 0 spiro atoms. The molecule has 0 heterocycles. The lowest BCUT2D eigenvalue weighted by atomic mass is 10.6. The van der Waals surface area contributed by atoms with Gasteiger partial charge in [-0.25, -0.2) is 10.1 Å². The second-order valence-corrected chi connectivity index (χ2v) is 1.18. The van der Waals surface area contributed by atoms with Crippen LogP contribution in [0.3, 0.4) is 0 Å². The average molecular weight is 122 g/mol. The second-order valence-electron chi connectivity index (χ2n) is 1.18. The van der Waals surface area contributed by atoms with Crippen molar-refractivity contribution in [2.75, 3.05) is 6.61 Å². The zero-order valence-electron chi connectivity index (χ0n) is 5.09. The Labute approximate surface area is 54.0 Å². The Morgan fingerprint density at radius 1 is 2.00 bits per heavy atom. The molecule has 0 radical (unpaired) electrons. The molecule has 3 nitrogen and oxygen atoms in total. The molecule has 0 N–H and O–H groups in total. The maximum absolute atomic E-state index is 8.14. The van der Waals surface area contributed by atoms with Crippen LogP contribution in [0.5, 0.6) is 0 Å². The maximum Gasteiger partial charge on any atom is 0.295 e. The van der Waals surface area contributed by atoms with Gasteiger partial charge in [0.25, 0.3) is 5.70 Å². The van der Waals surface area contributed by atoms with Crippen LogP contribution >= 0.6 is 0 Å². The molecule has 0 aliphatic rings. The standard InChI is InChI=1S/C6H6N2O/c1-3-9-5-6(4-7)8-2/h5H,3H2,1H3. The lowest BCUT2D eigenvalue weighted by molar-refractivity contribution is 0.268. The zero-order valence-corrected chi connectivity index (χ0v) is 5.09. The number of hydrogen-bond acceptors (Lipinski definition) is 2. The summed E-state index contributed by atoms with van der Waals surface area (Å²) in [6, 6.07) is 1.67. The Bertz CT molecular complexity index is 166. The van der Waals surface area contributed by atoms with Gasteiger partial charge in [0.15, 0.2) is 0 Å². The van der Waals surface area contributed by atoms with Gasteiger partial charge in [0, 0.05) is 0 Å². The number of nitrogens with zero attached hydrogens (tertiary/aromatic N) is 2. The summed E-state index contributed by atoms with van der Waals surface area (Å²) in [6.07, 6.45) is 1.16. The van der Waals surface area contributed by atoms with Gasteiger partial charge in [0.2, 0.25) is 0 Å². The Morgan fingerprint density at radius 2 is 2.67 bits per heavy atom. The Hall–Kier alpha value is -1.48. The van der Waals surface area contributed by atoms with Crippen molar-refractivity contribution in [3.8, 4) is 6.07 Å². The molecule has 0 unspecified atom stereocenters. The van der Waals surface area contributed by atoms with E-state index in [-0.39, 0.29) is 5.70 Å². The van der Waals surface area contributed by atoms with Gasteiger partial charge in [-0.15, -0.1) is 0 Å². The van der Waals surface area contributed by atoms with Crippen LogP contribution in [0, 0.1) is 17.9 Å². The Kier molecular flexibility index (Phi) is 3.90. The molecule has 9 heavy (non-hydrogen) atoms. The van der Waals surface area contributed by atoms with Crippen molar-refractivity contribution in [2.45, 2.75) is 6.92 Å². The summed E-state index contributed by atoms with van der Waals surface area (Å²) in [6.45, 7) is 8.67. The van der Waals surface area contributed by atoms with Crippen LogP contribution in [0.1, 0.15) is 6.92 Å². The summed E-state index contributed by atoms with van der Waals surface area (Å²) >= 11 is 0. The summed E-state index contributed by atoms with van der Waals surface area (Å²) in [5.74, 6) is 0. The van der Waals surface area contributed by atoms with E-state index < -0.39 is 0 Å². The minimum atomic E-state index is -0.0168. The first-order valence-electron chi connectivity index (χ1n) is 2.44. The van der Waals surface area contributed by atoms with Gasteiger partial charge in [0.05, 0.1) is 19.2 Å². The number of allylic oxidation sites excluding steroid dienone is 1. The summed E-state index contributed by atoms with van der Waals surface area (Å²) in [7, 11) is 0. The Balaban J connectivity index is 3.85. The van der Waals surface area contributed by atoms with Crippen LogP contribution in [0.2, 0.25) is 0 Å². The second kappa shape index (κ2) is 4.67. The maximum atomic E-state index is 8.14. The minimum Gasteiger partial charge on any atom is -0.512 e. The van der Waals surface area contributed by atoms with Gasteiger partial charge in [0.1, 0.15) is 6.26 Å². The quantitative estimate of drug-likeness (QED) is 0.314. The van der Waals surface area contributed by atoms with E-state index in [1.165, 1.54) is 0 Å². The smallest absolute Gasteiger partial charge is 0.295 e. The molecule has 0 saturated carbocycles. The van der Waals surface area contributed by atoms with Crippen LogP contribution in [-0.2, 0) is 4.74 Å². The highest BCUT2D eigenvalue weighted by Crippen LogP contribution is 1.92. The van der Waals surface area contributed by atoms with E-state index in [1.54, 1.807) is 13.0 Å². The molecule has 0 aromatic rings. The first-order chi connectivity index (χ1) is 4.35. The van der Waals surface area contributed by atoms with E-state index in [4.69, 9.17) is 11.8 Å². The Morgan fingerprint density at radius 3 is 3.00 bits per heavy atom. The largest absolute Gasteiger partial charge is 0.512 e. The van der Waals surface area contributed by atoms with Crippen LogP contribution in [0.4, 0.5) is 0 Å². The summed E-state index contributed by atoms with van der Waals surface area (Å²) < 4.78 is 4.68. The van der Waals surface area contributed by atoms with E-state index in [2.05, 4.69) is 9.58 Å². The average Bonchev–Trinajstić information content (AvgIpc) is 1.91. The van der Waals surface area contributed by atoms with Gasteiger partial charge in [-0.1, -0.05) is 0 Å². The molecule has 0 amide bonds. The number of ether oxygens (including phenoxy) is 1. The van der Waals surface area contributed by atoms with Gasteiger partial charge >= 0.3 is 0 Å².